The number of pyridine rings is 1. The Morgan fingerprint density at radius 3 is 2.78 bits per heavy atom. The molecule has 0 aromatic carbocycles. The minimum absolute atomic E-state index is 0.0334. The van der Waals surface area contributed by atoms with E-state index in [1.807, 2.05) is 11.8 Å². The number of carbonyl (C=O) groups excluding carboxylic acids is 1. The van der Waals surface area contributed by atoms with E-state index < -0.39 is 8.07 Å². The van der Waals surface area contributed by atoms with E-state index in [0.29, 0.717) is 5.56 Å². The SMILES string of the molecule is C[Si](C)(C)CCSCCNC(=O)c1cccnc1. The van der Waals surface area contributed by atoms with Crippen molar-refractivity contribution in [3.8, 4) is 0 Å². The standard InChI is InChI=1S/C13H22N2OSSi/c1-18(2,3)10-9-17-8-7-15-13(16)12-5-4-6-14-11-12/h4-6,11H,7-10H2,1-3H3,(H,15,16). The van der Waals surface area contributed by atoms with Crippen molar-refractivity contribution in [2.75, 3.05) is 18.1 Å². The summed E-state index contributed by atoms with van der Waals surface area (Å²) in [6, 6.07) is 4.90. The van der Waals surface area contributed by atoms with Gasteiger partial charge in [-0.25, -0.2) is 0 Å². The molecule has 0 aliphatic carbocycles. The summed E-state index contributed by atoms with van der Waals surface area (Å²) in [5, 5.41) is 2.91. The number of amides is 1. The van der Waals surface area contributed by atoms with Gasteiger partial charge in [0.2, 0.25) is 0 Å². The van der Waals surface area contributed by atoms with E-state index >= 15 is 0 Å². The Labute approximate surface area is 115 Å². The fourth-order valence-corrected chi connectivity index (χ4v) is 4.79. The van der Waals surface area contributed by atoms with Crippen molar-refractivity contribution in [2.24, 2.45) is 0 Å². The lowest BCUT2D eigenvalue weighted by atomic mass is 10.3. The highest BCUT2D eigenvalue weighted by Crippen LogP contribution is 2.13. The molecule has 18 heavy (non-hydrogen) atoms. The molecule has 0 saturated carbocycles. The van der Waals surface area contributed by atoms with Gasteiger partial charge in [0.1, 0.15) is 0 Å². The van der Waals surface area contributed by atoms with Crippen LogP contribution in [0.15, 0.2) is 24.5 Å². The van der Waals surface area contributed by atoms with Crippen LogP contribution in [0.1, 0.15) is 10.4 Å². The normalized spacial score (nSPS) is 11.3. The van der Waals surface area contributed by atoms with Crippen molar-refractivity contribution < 1.29 is 4.79 Å². The molecule has 1 aromatic heterocycles. The lowest BCUT2D eigenvalue weighted by Gasteiger charge is -2.14. The molecule has 3 nitrogen and oxygen atoms in total. The van der Waals surface area contributed by atoms with Gasteiger partial charge in [-0.15, -0.1) is 0 Å². The van der Waals surface area contributed by atoms with E-state index in [4.69, 9.17) is 0 Å². The van der Waals surface area contributed by atoms with Gasteiger partial charge in [0, 0.05) is 32.8 Å². The number of aromatic nitrogens is 1. The Morgan fingerprint density at radius 2 is 2.17 bits per heavy atom. The van der Waals surface area contributed by atoms with Crippen LogP contribution < -0.4 is 5.32 Å². The van der Waals surface area contributed by atoms with Gasteiger partial charge < -0.3 is 5.32 Å². The molecule has 100 valence electrons. The van der Waals surface area contributed by atoms with Crippen LogP contribution in [0, 0.1) is 0 Å². The number of nitrogens with one attached hydrogen (secondary N) is 1. The molecule has 0 saturated heterocycles. The molecule has 1 heterocycles. The third kappa shape index (κ3) is 6.81. The van der Waals surface area contributed by atoms with Crippen LogP contribution in [0.4, 0.5) is 0 Å². The first-order valence-corrected chi connectivity index (χ1v) is 11.1. The first-order chi connectivity index (χ1) is 8.49. The molecule has 0 unspecified atom stereocenters. The molecule has 1 amide bonds. The Balaban J connectivity index is 2.10. The highest BCUT2D eigenvalue weighted by molar-refractivity contribution is 7.99. The summed E-state index contributed by atoms with van der Waals surface area (Å²) >= 11 is 1.92. The fourth-order valence-electron chi connectivity index (χ4n) is 1.32. The van der Waals surface area contributed by atoms with Crippen LogP contribution in [-0.4, -0.2) is 37.0 Å². The van der Waals surface area contributed by atoms with Gasteiger partial charge in [0.25, 0.3) is 5.91 Å². The maximum Gasteiger partial charge on any atom is 0.252 e. The van der Waals surface area contributed by atoms with Gasteiger partial charge in [-0.2, -0.15) is 11.8 Å². The Kier molecular flexibility index (Phi) is 6.42. The van der Waals surface area contributed by atoms with Gasteiger partial charge in [-0.1, -0.05) is 19.6 Å². The maximum atomic E-state index is 11.7. The minimum atomic E-state index is -0.908. The first kappa shape index (κ1) is 15.2. The van der Waals surface area contributed by atoms with Crippen molar-refractivity contribution in [3.63, 3.8) is 0 Å². The first-order valence-electron chi connectivity index (χ1n) is 6.25. The summed E-state index contributed by atoms with van der Waals surface area (Å²) in [4.78, 5) is 15.6. The maximum absolute atomic E-state index is 11.7. The van der Waals surface area contributed by atoms with Gasteiger partial charge in [0.15, 0.2) is 0 Å². The molecule has 5 heteroatoms. The molecule has 0 aliphatic heterocycles. The van der Waals surface area contributed by atoms with E-state index in [9.17, 15) is 4.79 Å². The van der Waals surface area contributed by atoms with E-state index in [1.54, 1.807) is 24.5 Å². The van der Waals surface area contributed by atoms with Gasteiger partial charge in [-0.3, -0.25) is 9.78 Å². The molecular weight excluding hydrogens is 260 g/mol. The van der Waals surface area contributed by atoms with Crippen LogP contribution in [-0.2, 0) is 0 Å². The molecule has 0 atom stereocenters. The molecular formula is C13H22N2OSSi. The quantitative estimate of drug-likeness (QED) is 0.617. The Bertz CT molecular complexity index is 365. The summed E-state index contributed by atoms with van der Waals surface area (Å²) in [5.74, 6) is 2.16. The minimum Gasteiger partial charge on any atom is -0.351 e. The topological polar surface area (TPSA) is 42.0 Å². The molecule has 1 N–H and O–H groups in total. The van der Waals surface area contributed by atoms with Crippen LogP contribution in [0.25, 0.3) is 0 Å². The third-order valence-corrected chi connectivity index (χ3v) is 5.55. The second-order valence-corrected chi connectivity index (χ2v) is 12.3. The average Bonchev–Trinajstić information content (AvgIpc) is 2.33. The molecule has 0 fully saturated rings. The van der Waals surface area contributed by atoms with Crippen LogP contribution in [0.2, 0.25) is 25.7 Å². The summed E-state index contributed by atoms with van der Waals surface area (Å²) in [5.41, 5.74) is 0.629. The van der Waals surface area contributed by atoms with Crippen molar-refractivity contribution in [2.45, 2.75) is 25.7 Å². The number of rotatable bonds is 7. The van der Waals surface area contributed by atoms with Crippen molar-refractivity contribution in [1.82, 2.24) is 10.3 Å². The van der Waals surface area contributed by atoms with Crippen molar-refractivity contribution in [1.29, 1.82) is 0 Å². The number of hydrogen-bond donors (Lipinski definition) is 1. The lowest BCUT2D eigenvalue weighted by molar-refractivity contribution is 0.0956. The number of thioether (sulfide) groups is 1. The smallest absolute Gasteiger partial charge is 0.252 e. The highest BCUT2D eigenvalue weighted by Gasteiger charge is 2.11. The third-order valence-electron chi connectivity index (χ3n) is 2.45. The summed E-state index contributed by atoms with van der Waals surface area (Å²) < 4.78 is 0. The molecule has 0 aliphatic rings. The van der Waals surface area contributed by atoms with Crippen LogP contribution in [0.5, 0.6) is 0 Å². The summed E-state index contributed by atoms with van der Waals surface area (Å²) in [6.45, 7) is 7.89. The van der Waals surface area contributed by atoms with E-state index in [2.05, 4.69) is 29.9 Å². The second kappa shape index (κ2) is 7.58. The van der Waals surface area contributed by atoms with Crippen LogP contribution in [0.3, 0.4) is 0 Å². The second-order valence-electron chi connectivity index (χ2n) is 5.42. The van der Waals surface area contributed by atoms with Crippen molar-refractivity contribution in [3.05, 3.63) is 30.1 Å². The average molecular weight is 282 g/mol. The zero-order chi connectivity index (χ0) is 13.4. The summed E-state index contributed by atoms with van der Waals surface area (Å²) in [7, 11) is -0.908. The predicted octanol–water partition coefficient (Wildman–Crippen LogP) is 2.88. The largest absolute Gasteiger partial charge is 0.351 e. The van der Waals surface area contributed by atoms with E-state index in [1.165, 1.54) is 11.8 Å². The Hall–Kier alpha value is -0.813. The Morgan fingerprint density at radius 1 is 1.39 bits per heavy atom. The molecule has 1 aromatic rings. The molecule has 0 radical (unpaired) electrons. The molecule has 1 rings (SSSR count). The van der Waals surface area contributed by atoms with Crippen molar-refractivity contribution >= 4 is 25.7 Å². The van der Waals surface area contributed by atoms with Gasteiger partial charge in [-0.05, 0) is 23.9 Å². The summed E-state index contributed by atoms with van der Waals surface area (Å²) in [6.07, 6.45) is 3.26. The van der Waals surface area contributed by atoms with Gasteiger partial charge in [0.05, 0.1) is 5.56 Å². The highest BCUT2D eigenvalue weighted by atomic mass is 32.2. The van der Waals surface area contributed by atoms with Gasteiger partial charge >= 0.3 is 0 Å². The number of carbonyl (C=O) groups is 1. The predicted molar refractivity (Wildman–Crippen MR) is 82.0 cm³/mol. The van der Waals surface area contributed by atoms with Crippen LogP contribution >= 0.6 is 11.8 Å². The zero-order valence-corrected chi connectivity index (χ0v) is 13.2. The molecule has 0 bridgehead atoms. The fraction of sp³-hybridized carbons (Fsp3) is 0.538. The monoisotopic (exact) mass is 282 g/mol. The lowest BCUT2D eigenvalue weighted by Crippen LogP contribution is -2.26. The zero-order valence-electron chi connectivity index (χ0n) is 11.4. The van der Waals surface area contributed by atoms with E-state index in [-0.39, 0.29) is 5.91 Å². The molecule has 0 spiro atoms. The number of hydrogen-bond acceptors (Lipinski definition) is 3. The number of nitrogens with zero attached hydrogens (tertiary/aromatic N) is 1. The van der Waals surface area contributed by atoms with E-state index in [0.717, 1.165) is 12.3 Å².